The van der Waals surface area contributed by atoms with Gasteiger partial charge in [-0.1, -0.05) is 6.92 Å². The van der Waals surface area contributed by atoms with Gasteiger partial charge in [0.2, 0.25) is 0 Å². The highest BCUT2D eigenvalue weighted by atomic mass is 16.2. The van der Waals surface area contributed by atoms with Crippen LogP contribution in [0.3, 0.4) is 0 Å². The minimum absolute atomic E-state index is 0.253. The molecule has 0 aromatic rings. The third-order valence-corrected chi connectivity index (χ3v) is 2.84. The zero-order valence-corrected chi connectivity index (χ0v) is 9.05. The number of nitrogens with two attached hydrogens (primary N) is 2. The van der Waals surface area contributed by atoms with E-state index in [4.69, 9.17) is 11.5 Å². The maximum atomic E-state index is 11.5. The highest BCUT2D eigenvalue weighted by Gasteiger charge is 2.26. The Kier molecular flexibility index (Phi) is 3.50. The predicted octanol–water partition coefficient (Wildman–Crippen LogP) is 0.315. The molecule has 0 atom stereocenters. The molecule has 5 N–H and O–H groups in total. The molecule has 0 aromatic heterocycles. The molecular weight excluding hydrogens is 178 g/mol. The lowest BCUT2D eigenvalue weighted by atomic mass is 9.87. The molecule has 1 fully saturated rings. The molecule has 1 amide bonds. The number of rotatable bonds is 2. The van der Waals surface area contributed by atoms with E-state index in [2.05, 4.69) is 12.2 Å². The first-order valence-electron chi connectivity index (χ1n) is 5.28. The number of carbonyl (C=O) groups is 1. The highest BCUT2D eigenvalue weighted by Crippen LogP contribution is 2.23. The molecule has 14 heavy (non-hydrogen) atoms. The summed E-state index contributed by atoms with van der Waals surface area (Å²) in [4.78, 5) is 11.5. The van der Waals surface area contributed by atoms with Crippen LogP contribution in [0.2, 0.25) is 0 Å². The van der Waals surface area contributed by atoms with Gasteiger partial charge in [-0.15, -0.1) is 0 Å². The minimum Gasteiger partial charge on any atom is -0.351 e. The van der Waals surface area contributed by atoms with Crippen molar-refractivity contribution in [1.29, 1.82) is 0 Å². The first-order valence-corrected chi connectivity index (χ1v) is 5.28. The number of nitrogens with one attached hydrogen (secondary N) is 1. The van der Waals surface area contributed by atoms with Gasteiger partial charge in [0, 0.05) is 6.04 Å². The van der Waals surface area contributed by atoms with Crippen LogP contribution >= 0.6 is 0 Å². The summed E-state index contributed by atoms with van der Waals surface area (Å²) >= 11 is 0. The van der Waals surface area contributed by atoms with Gasteiger partial charge in [0.05, 0.1) is 0 Å². The Hall–Kier alpha value is -0.610. The fraction of sp³-hybridized carbons (Fsp3) is 0.900. The van der Waals surface area contributed by atoms with Crippen LogP contribution in [-0.4, -0.2) is 17.6 Å². The molecule has 4 heteroatoms. The van der Waals surface area contributed by atoms with Crippen molar-refractivity contribution in [2.45, 2.75) is 51.2 Å². The number of hydrogen-bond acceptors (Lipinski definition) is 3. The van der Waals surface area contributed by atoms with Gasteiger partial charge in [-0.2, -0.15) is 0 Å². The molecule has 82 valence electrons. The van der Waals surface area contributed by atoms with E-state index in [1.54, 1.807) is 0 Å². The third kappa shape index (κ3) is 3.27. The molecule has 0 heterocycles. The molecule has 0 aromatic carbocycles. The molecule has 1 aliphatic rings. The third-order valence-electron chi connectivity index (χ3n) is 2.84. The van der Waals surface area contributed by atoms with Gasteiger partial charge in [-0.25, -0.2) is 0 Å². The Balaban J connectivity index is 2.35. The summed E-state index contributed by atoms with van der Waals surface area (Å²) in [6.45, 7) is 3.77. The Morgan fingerprint density at radius 2 is 1.79 bits per heavy atom. The van der Waals surface area contributed by atoms with Gasteiger partial charge in [0.1, 0.15) is 5.66 Å². The summed E-state index contributed by atoms with van der Waals surface area (Å²) in [5.74, 6) is 0.530. The van der Waals surface area contributed by atoms with Crippen molar-refractivity contribution in [2.75, 3.05) is 0 Å². The van der Waals surface area contributed by atoms with Crippen LogP contribution in [0, 0.1) is 5.92 Å². The summed E-state index contributed by atoms with van der Waals surface area (Å²) < 4.78 is 0. The molecular formula is C10H21N3O. The zero-order chi connectivity index (χ0) is 10.8. The van der Waals surface area contributed by atoms with Crippen LogP contribution in [0.4, 0.5) is 0 Å². The quantitative estimate of drug-likeness (QED) is 0.560. The minimum atomic E-state index is -1.25. The molecule has 1 saturated carbocycles. The van der Waals surface area contributed by atoms with Gasteiger partial charge < -0.3 is 16.8 Å². The fourth-order valence-corrected chi connectivity index (χ4v) is 1.75. The monoisotopic (exact) mass is 199 g/mol. The predicted molar refractivity (Wildman–Crippen MR) is 56.3 cm³/mol. The Morgan fingerprint density at radius 1 is 1.29 bits per heavy atom. The van der Waals surface area contributed by atoms with Crippen LogP contribution in [0.5, 0.6) is 0 Å². The van der Waals surface area contributed by atoms with Gasteiger partial charge >= 0.3 is 0 Å². The lowest BCUT2D eigenvalue weighted by Gasteiger charge is -2.29. The molecule has 0 unspecified atom stereocenters. The Morgan fingerprint density at radius 3 is 2.21 bits per heavy atom. The van der Waals surface area contributed by atoms with Gasteiger partial charge in [-0.05, 0) is 38.5 Å². The molecule has 1 rings (SSSR count). The lowest BCUT2D eigenvalue weighted by Crippen LogP contribution is -2.60. The summed E-state index contributed by atoms with van der Waals surface area (Å²) in [5, 5.41) is 2.89. The summed E-state index contributed by atoms with van der Waals surface area (Å²) in [7, 11) is 0. The van der Waals surface area contributed by atoms with Crippen LogP contribution in [0.15, 0.2) is 0 Å². The SMILES string of the molecule is CC1CCC(NC(=O)C(C)(N)N)CC1. The second kappa shape index (κ2) is 4.28. The first-order chi connectivity index (χ1) is 6.39. The molecule has 4 nitrogen and oxygen atoms in total. The van der Waals surface area contributed by atoms with E-state index in [1.165, 1.54) is 19.8 Å². The second-order valence-electron chi connectivity index (χ2n) is 4.71. The topological polar surface area (TPSA) is 81.1 Å². The molecule has 0 bridgehead atoms. The highest BCUT2D eigenvalue weighted by molar-refractivity contribution is 5.84. The van der Waals surface area contributed by atoms with Crippen molar-refractivity contribution in [2.24, 2.45) is 17.4 Å². The van der Waals surface area contributed by atoms with E-state index in [0.29, 0.717) is 0 Å². The number of carbonyl (C=O) groups excluding carboxylic acids is 1. The van der Waals surface area contributed by atoms with E-state index in [-0.39, 0.29) is 11.9 Å². The molecule has 1 aliphatic carbocycles. The van der Waals surface area contributed by atoms with Crippen LogP contribution in [0.25, 0.3) is 0 Å². The molecule has 0 aliphatic heterocycles. The molecule has 0 radical (unpaired) electrons. The van der Waals surface area contributed by atoms with Crippen LogP contribution in [-0.2, 0) is 4.79 Å². The fourth-order valence-electron chi connectivity index (χ4n) is 1.75. The van der Waals surface area contributed by atoms with Gasteiger partial charge in [0.15, 0.2) is 0 Å². The lowest BCUT2D eigenvalue weighted by molar-refractivity contribution is -0.126. The summed E-state index contributed by atoms with van der Waals surface area (Å²) in [6, 6.07) is 0.269. The van der Waals surface area contributed by atoms with Crippen molar-refractivity contribution in [3.8, 4) is 0 Å². The average Bonchev–Trinajstić information content (AvgIpc) is 2.07. The number of amides is 1. The number of hydrogen-bond donors (Lipinski definition) is 3. The van der Waals surface area contributed by atoms with Crippen LogP contribution in [0.1, 0.15) is 39.5 Å². The van der Waals surface area contributed by atoms with E-state index >= 15 is 0 Å². The first kappa shape index (κ1) is 11.5. The van der Waals surface area contributed by atoms with Crippen molar-refractivity contribution >= 4 is 5.91 Å². The van der Waals surface area contributed by atoms with Crippen molar-refractivity contribution in [3.05, 3.63) is 0 Å². The maximum absolute atomic E-state index is 11.5. The van der Waals surface area contributed by atoms with Crippen molar-refractivity contribution in [1.82, 2.24) is 5.32 Å². The average molecular weight is 199 g/mol. The maximum Gasteiger partial charge on any atom is 0.254 e. The normalized spacial score (nSPS) is 28.6. The Bertz CT molecular complexity index is 202. The van der Waals surface area contributed by atoms with E-state index in [9.17, 15) is 4.79 Å². The van der Waals surface area contributed by atoms with Gasteiger partial charge in [-0.3, -0.25) is 4.79 Å². The van der Waals surface area contributed by atoms with E-state index in [1.807, 2.05) is 0 Å². The van der Waals surface area contributed by atoms with Crippen LogP contribution < -0.4 is 16.8 Å². The Labute approximate surface area is 85.4 Å². The van der Waals surface area contributed by atoms with Gasteiger partial charge in [0.25, 0.3) is 5.91 Å². The smallest absolute Gasteiger partial charge is 0.254 e. The molecule has 0 spiro atoms. The standard InChI is InChI=1S/C10H21N3O/c1-7-3-5-8(6-4-7)13-9(14)10(2,11)12/h7-8H,3-6,11-12H2,1-2H3,(H,13,14). The summed E-state index contributed by atoms with van der Waals surface area (Å²) in [5.41, 5.74) is 9.73. The zero-order valence-electron chi connectivity index (χ0n) is 9.05. The second-order valence-corrected chi connectivity index (χ2v) is 4.71. The molecule has 0 saturated heterocycles. The van der Waals surface area contributed by atoms with E-state index in [0.717, 1.165) is 18.8 Å². The van der Waals surface area contributed by atoms with E-state index < -0.39 is 5.66 Å². The summed E-state index contributed by atoms with van der Waals surface area (Å²) in [6.07, 6.45) is 4.44. The van der Waals surface area contributed by atoms with Crippen molar-refractivity contribution < 1.29 is 4.79 Å². The largest absolute Gasteiger partial charge is 0.351 e. The van der Waals surface area contributed by atoms with Crippen molar-refractivity contribution in [3.63, 3.8) is 0 Å².